The molecule has 2 aromatic heterocycles. The average Bonchev–Trinajstić information content (AvgIpc) is 2.62. The maximum absolute atomic E-state index is 5.72. The second-order valence-electron chi connectivity index (χ2n) is 2.35. The highest BCUT2D eigenvalue weighted by atomic mass is 35.5. The van der Waals surface area contributed by atoms with Gasteiger partial charge in [0.1, 0.15) is 5.03 Å². The Morgan fingerprint density at radius 3 is 2.85 bits per heavy atom. The Labute approximate surface area is 89.8 Å². The molecule has 0 amide bonds. The van der Waals surface area contributed by atoms with Crippen molar-refractivity contribution in [3.8, 4) is 0 Å². The first-order valence-corrected chi connectivity index (χ1v) is 5.75. The van der Waals surface area contributed by atoms with Gasteiger partial charge in [-0.2, -0.15) is 0 Å². The van der Waals surface area contributed by atoms with E-state index in [1.807, 2.05) is 18.2 Å². The van der Waals surface area contributed by atoms with Gasteiger partial charge in [-0.3, -0.25) is 0 Å². The maximum Gasteiger partial charge on any atom is 0.102 e. The molecule has 0 N–H and O–H groups in total. The molecule has 0 fully saturated rings. The van der Waals surface area contributed by atoms with Gasteiger partial charge in [0.05, 0.1) is 9.23 Å². The summed E-state index contributed by atoms with van der Waals surface area (Å²) in [6.07, 6.45) is 1.66. The summed E-state index contributed by atoms with van der Waals surface area (Å²) in [7, 11) is 0. The Kier molecular flexibility index (Phi) is 2.88. The molecule has 0 unspecified atom stereocenters. The van der Waals surface area contributed by atoms with Gasteiger partial charge in [0.15, 0.2) is 0 Å². The van der Waals surface area contributed by atoms with E-state index in [4.69, 9.17) is 11.6 Å². The fourth-order valence-corrected chi connectivity index (χ4v) is 2.62. The van der Waals surface area contributed by atoms with Crippen LogP contribution in [-0.2, 0) is 0 Å². The van der Waals surface area contributed by atoms with Gasteiger partial charge in [-0.25, -0.2) is 4.98 Å². The zero-order chi connectivity index (χ0) is 9.10. The first-order chi connectivity index (χ1) is 6.34. The van der Waals surface area contributed by atoms with Crippen molar-refractivity contribution in [1.29, 1.82) is 0 Å². The van der Waals surface area contributed by atoms with Crippen molar-refractivity contribution in [2.24, 2.45) is 0 Å². The number of hydrogen-bond donors (Lipinski definition) is 0. The lowest BCUT2D eigenvalue weighted by atomic mass is 10.5. The van der Waals surface area contributed by atoms with Crippen LogP contribution in [0, 0.1) is 0 Å². The molecule has 4 heteroatoms. The third-order valence-electron chi connectivity index (χ3n) is 1.40. The third kappa shape index (κ3) is 2.46. The summed E-state index contributed by atoms with van der Waals surface area (Å²) in [6, 6.07) is 7.88. The largest absolute Gasteiger partial charge is 0.248 e. The molecule has 2 heterocycles. The Balaban J connectivity index is 2.15. The van der Waals surface area contributed by atoms with Crippen LogP contribution in [0.1, 0.15) is 0 Å². The van der Waals surface area contributed by atoms with Crippen LogP contribution >= 0.6 is 34.7 Å². The van der Waals surface area contributed by atoms with Crippen LogP contribution in [0.25, 0.3) is 0 Å². The smallest absolute Gasteiger partial charge is 0.102 e. The van der Waals surface area contributed by atoms with Gasteiger partial charge < -0.3 is 0 Å². The Bertz CT molecular complexity index is 369. The highest BCUT2D eigenvalue weighted by molar-refractivity contribution is 8.01. The second kappa shape index (κ2) is 4.13. The molecule has 1 nitrogen and oxygen atoms in total. The van der Waals surface area contributed by atoms with Crippen LogP contribution in [0.4, 0.5) is 0 Å². The molecule has 0 radical (unpaired) electrons. The summed E-state index contributed by atoms with van der Waals surface area (Å²) < 4.78 is 1.25. The minimum atomic E-state index is 0.676. The number of rotatable bonds is 2. The minimum Gasteiger partial charge on any atom is -0.248 e. The van der Waals surface area contributed by atoms with Crippen molar-refractivity contribution in [2.75, 3.05) is 0 Å². The van der Waals surface area contributed by atoms with Crippen molar-refractivity contribution in [1.82, 2.24) is 4.98 Å². The van der Waals surface area contributed by atoms with E-state index in [1.54, 1.807) is 29.3 Å². The normalized spacial score (nSPS) is 10.2. The van der Waals surface area contributed by atoms with Gasteiger partial charge in [-0.15, -0.1) is 11.3 Å². The minimum absolute atomic E-state index is 0.676. The van der Waals surface area contributed by atoms with E-state index in [2.05, 4.69) is 16.4 Å². The highest BCUT2D eigenvalue weighted by Crippen LogP contribution is 2.29. The summed E-state index contributed by atoms with van der Waals surface area (Å²) in [6.45, 7) is 0. The van der Waals surface area contributed by atoms with Crippen LogP contribution in [-0.4, -0.2) is 4.98 Å². The zero-order valence-corrected chi connectivity index (χ0v) is 8.99. The fraction of sp³-hybridized carbons (Fsp3) is 0. The van der Waals surface area contributed by atoms with Crippen LogP contribution in [0.15, 0.2) is 45.1 Å². The van der Waals surface area contributed by atoms with Crippen molar-refractivity contribution in [2.45, 2.75) is 9.24 Å². The fourth-order valence-electron chi connectivity index (χ4n) is 0.847. The lowest BCUT2D eigenvalue weighted by molar-refractivity contribution is 1.14. The highest BCUT2D eigenvalue weighted by Gasteiger charge is 1.98. The average molecular weight is 228 g/mol. The standard InChI is InChI=1S/C9H6ClNS2/c10-7-3-4-8(11-6-7)13-9-2-1-5-12-9/h1-6H. The molecule has 0 aromatic carbocycles. The number of hydrogen-bond acceptors (Lipinski definition) is 3. The van der Waals surface area contributed by atoms with E-state index in [9.17, 15) is 0 Å². The van der Waals surface area contributed by atoms with E-state index in [-0.39, 0.29) is 0 Å². The predicted molar refractivity (Wildman–Crippen MR) is 57.7 cm³/mol. The summed E-state index contributed by atoms with van der Waals surface area (Å²) >= 11 is 9.09. The van der Waals surface area contributed by atoms with Gasteiger partial charge in [-0.1, -0.05) is 29.4 Å². The SMILES string of the molecule is Clc1ccc(Sc2cccs2)nc1. The molecule has 2 rings (SSSR count). The number of halogens is 1. The van der Waals surface area contributed by atoms with Gasteiger partial charge >= 0.3 is 0 Å². The molecule has 0 saturated carbocycles. The van der Waals surface area contributed by atoms with Crippen molar-refractivity contribution in [3.05, 3.63) is 40.9 Å². The van der Waals surface area contributed by atoms with Gasteiger partial charge in [0.2, 0.25) is 0 Å². The molecule has 0 aliphatic heterocycles. The Morgan fingerprint density at radius 1 is 1.31 bits per heavy atom. The first-order valence-electron chi connectivity index (χ1n) is 3.67. The van der Waals surface area contributed by atoms with Crippen LogP contribution in [0.2, 0.25) is 5.02 Å². The molecule has 66 valence electrons. The number of aromatic nitrogens is 1. The summed E-state index contributed by atoms with van der Waals surface area (Å²) in [4.78, 5) is 4.19. The number of nitrogens with zero attached hydrogens (tertiary/aromatic N) is 1. The van der Waals surface area contributed by atoms with Crippen molar-refractivity contribution in [3.63, 3.8) is 0 Å². The lowest BCUT2D eigenvalue weighted by Crippen LogP contribution is -1.76. The van der Waals surface area contributed by atoms with Crippen molar-refractivity contribution < 1.29 is 0 Å². The van der Waals surface area contributed by atoms with Crippen LogP contribution in [0.3, 0.4) is 0 Å². The Morgan fingerprint density at radius 2 is 2.23 bits per heavy atom. The van der Waals surface area contributed by atoms with E-state index >= 15 is 0 Å². The molecule has 13 heavy (non-hydrogen) atoms. The van der Waals surface area contributed by atoms with Crippen LogP contribution in [0.5, 0.6) is 0 Å². The summed E-state index contributed by atoms with van der Waals surface area (Å²) in [5.41, 5.74) is 0. The van der Waals surface area contributed by atoms with E-state index in [0.29, 0.717) is 5.02 Å². The molecule has 0 aliphatic rings. The molecule has 0 spiro atoms. The monoisotopic (exact) mass is 227 g/mol. The molecule has 0 bridgehead atoms. The van der Waals surface area contributed by atoms with Gasteiger partial charge in [0, 0.05) is 6.20 Å². The Hall–Kier alpha value is -0.510. The first kappa shape index (κ1) is 9.06. The zero-order valence-electron chi connectivity index (χ0n) is 6.61. The van der Waals surface area contributed by atoms with E-state index in [1.165, 1.54) is 4.21 Å². The van der Waals surface area contributed by atoms with E-state index in [0.717, 1.165) is 5.03 Å². The van der Waals surface area contributed by atoms with Gasteiger partial charge in [-0.05, 0) is 23.6 Å². The van der Waals surface area contributed by atoms with Gasteiger partial charge in [0.25, 0.3) is 0 Å². The molecule has 2 aromatic rings. The number of thiophene rings is 1. The summed E-state index contributed by atoms with van der Waals surface area (Å²) in [5, 5.41) is 3.71. The molecule has 0 atom stereocenters. The molecule has 0 saturated heterocycles. The number of pyridine rings is 1. The quantitative estimate of drug-likeness (QED) is 0.771. The third-order valence-corrected chi connectivity index (χ3v) is 3.61. The predicted octanol–water partition coefficient (Wildman–Crippen LogP) is 3.95. The molecular formula is C9H6ClNS2. The maximum atomic E-state index is 5.72. The second-order valence-corrected chi connectivity index (χ2v) is 5.05. The van der Waals surface area contributed by atoms with Crippen molar-refractivity contribution >= 4 is 34.7 Å². The topological polar surface area (TPSA) is 12.9 Å². The van der Waals surface area contributed by atoms with E-state index < -0.39 is 0 Å². The van der Waals surface area contributed by atoms with Crippen LogP contribution < -0.4 is 0 Å². The molecule has 0 aliphatic carbocycles. The lowest BCUT2D eigenvalue weighted by Gasteiger charge is -1.96. The molecular weight excluding hydrogens is 222 g/mol. The summed E-state index contributed by atoms with van der Waals surface area (Å²) in [5.74, 6) is 0.